The second kappa shape index (κ2) is 9.55. The van der Waals surface area contributed by atoms with Crippen molar-refractivity contribution in [3.63, 3.8) is 0 Å². The van der Waals surface area contributed by atoms with Crippen molar-refractivity contribution in [1.29, 1.82) is 0 Å². The molecule has 0 aliphatic heterocycles. The average Bonchev–Trinajstić information content (AvgIpc) is 3.09. The number of esters is 2. The third kappa shape index (κ3) is 4.26. The highest BCUT2D eigenvalue weighted by molar-refractivity contribution is 6.30. The van der Waals surface area contributed by atoms with Gasteiger partial charge in [-0.05, 0) is 45.0 Å². The van der Waals surface area contributed by atoms with Gasteiger partial charge in [-0.2, -0.15) is 0 Å². The Morgan fingerprint density at radius 3 is 2.33 bits per heavy atom. The largest absolute Gasteiger partial charge is 0.481 e. The lowest BCUT2D eigenvalue weighted by Crippen LogP contribution is -2.14. The molecule has 7 heteroatoms. The zero-order valence-corrected chi connectivity index (χ0v) is 19.4. The highest BCUT2D eigenvalue weighted by Crippen LogP contribution is 2.40. The number of aromatic nitrogens is 1. The SMILES string of the molecule is CCOC(=O)COc1cc2c(C(=O)OCC)c(C)n(-c3cccc(Cl)c3)c2c2ccccc12. The molecule has 0 saturated carbocycles. The fourth-order valence-electron chi connectivity index (χ4n) is 4.09. The number of hydrogen-bond acceptors (Lipinski definition) is 5. The molecule has 1 aromatic heterocycles. The van der Waals surface area contributed by atoms with Crippen molar-refractivity contribution >= 4 is 45.2 Å². The van der Waals surface area contributed by atoms with E-state index in [1.165, 1.54) is 0 Å². The van der Waals surface area contributed by atoms with E-state index in [4.69, 9.17) is 25.8 Å². The number of carbonyl (C=O) groups excluding carboxylic acids is 2. The van der Waals surface area contributed by atoms with E-state index >= 15 is 0 Å². The maximum Gasteiger partial charge on any atom is 0.344 e. The zero-order chi connectivity index (χ0) is 23.5. The first-order valence-electron chi connectivity index (χ1n) is 10.7. The quantitative estimate of drug-likeness (QED) is 0.319. The molecule has 0 aliphatic carbocycles. The molecule has 0 radical (unpaired) electrons. The van der Waals surface area contributed by atoms with Gasteiger partial charge in [-0.25, -0.2) is 9.59 Å². The van der Waals surface area contributed by atoms with Crippen molar-refractivity contribution < 1.29 is 23.8 Å². The van der Waals surface area contributed by atoms with E-state index < -0.39 is 11.9 Å². The lowest BCUT2D eigenvalue weighted by atomic mass is 10.0. The Kier molecular flexibility index (Phi) is 6.56. The summed E-state index contributed by atoms with van der Waals surface area (Å²) >= 11 is 6.29. The zero-order valence-electron chi connectivity index (χ0n) is 18.7. The van der Waals surface area contributed by atoms with Crippen molar-refractivity contribution in [3.8, 4) is 11.4 Å². The number of halogens is 1. The minimum absolute atomic E-state index is 0.230. The fraction of sp³-hybridized carbons (Fsp3) is 0.231. The third-order valence-electron chi connectivity index (χ3n) is 5.37. The topological polar surface area (TPSA) is 66.8 Å². The Hall–Kier alpha value is -3.51. The van der Waals surface area contributed by atoms with Crippen LogP contribution >= 0.6 is 11.6 Å². The molecule has 4 rings (SSSR count). The first-order valence-corrected chi connectivity index (χ1v) is 11.1. The van der Waals surface area contributed by atoms with Gasteiger partial charge in [-0.1, -0.05) is 41.9 Å². The van der Waals surface area contributed by atoms with Gasteiger partial charge in [-0.3, -0.25) is 0 Å². The molecule has 0 unspecified atom stereocenters. The molecule has 0 aliphatic rings. The van der Waals surface area contributed by atoms with E-state index in [1.54, 1.807) is 26.0 Å². The normalized spacial score (nSPS) is 11.0. The van der Waals surface area contributed by atoms with Gasteiger partial charge in [-0.15, -0.1) is 0 Å². The van der Waals surface area contributed by atoms with Crippen LogP contribution in [-0.2, 0) is 14.3 Å². The van der Waals surface area contributed by atoms with Gasteiger partial charge in [0.1, 0.15) is 5.75 Å². The molecule has 0 amide bonds. The molecule has 4 aromatic rings. The van der Waals surface area contributed by atoms with E-state index in [1.807, 2.05) is 54.0 Å². The maximum atomic E-state index is 13.0. The van der Waals surface area contributed by atoms with Crippen LogP contribution in [-0.4, -0.2) is 36.3 Å². The smallest absolute Gasteiger partial charge is 0.344 e. The highest BCUT2D eigenvalue weighted by Gasteiger charge is 2.25. The maximum absolute atomic E-state index is 13.0. The van der Waals surface area contributed by atoms with Crippen LogP contribution in [0.15, 0.2) is 54.6 Å². The van der Waals surface area contributed by atoms with Crippen molar-refractivity contribution in [1.82, 2.24) is 4.57 Å². The van der Waals surface area contributed by atoms with Gasteiger partial charge >= 0.3 is 11.9 Å². The predicted octanol–water partition coefficient (Wildman–Crippen LogP) is 5.86. The van der Waals surface area contributed by atoms with E-state index in [0.717, 1.165) is 27.7 Å². The van der Waals surface area contributed by atoms with E-state index in [-0.39, 0.29) is 19.8 Å². The molecule has 3 aromatic carbocycles. The van der Waals surface area contributed by atoms with Gasteiger partial charge in [0.05, 0.1) is 24.3 Å². The van der Waals surface area contributed by atoms with Crippen LogP contribution < -0.4 is 4.74 Å². The lowest BCUT2D eigenvalue weighted by Gasteiger charge is -2.13. The predicted molar refractivity (Wildman–Crippen MR) is 129 cm³/mol. The number of nitrogens with zero attached hydrogens (tertiary/aromatic N) is 1. The van der Waals surface area contributed by atoms with E-state index in [0.29, 0.717) is 21.7 Å². The number of ether oxygens (including phenoxy) is 3. The minimum atomic E-state index is -0.458. The van der Waals surface area contributed by atoms with Gasteiger partial charge in [0.25, 0.3) is 0 Å². The van der Waals surface area contributed by atoms with Crippen LogP contribution in [0.5, 0.6) is 5.75 Å². The van der Waals surface area contributed by atoms with Crippen LogP contribution in [0, 0.1) is 6.92 Å². The number of rotatable bonds is 7. The van der Waals surface area contributed by atoms with Crippen LogP contribution in [0.25, 0.3) is 27.4 Å². The highest BCUT2D eigenvalue weighted by atomic mass is 35.5. The Labute approximate surface area is 196 Å². The van der Waals surface area contributed by atoms with Gasteiger partial charge < -0.3 is 18.8 Å². The Balaban J connectivity index is 2.04. The molecular weight excluding hydrogens is 442 g/mol. The van der Waals surface area contributed by atoms with Gasteiger partial charge in [0, 0.05) is 32.6 Å². The van der Waals surface area contributed by atoms with E-state index in [9.17, 15) is 9.59 Å². The second-order valence-corrected chi connectivity index (χ2v) is 7.84. The summed E-state index contributed by atoms with van der Waals surface area (Å²) in [6.07, 6.45) is 0. The van der Waals surface area contributed by atoms with Crippen molar-refractivity contribution in [2.45, 2.75) is 20.8 Å². The molecule has 1 heterocycles. The molecule has 33 heavy (non-hydrogen) atoms. The van der Waals surface area contributed by atoms with Crippen molar-refractivity contribution in [2.75, 3.05) is 19.8 Å². The standard InChI is InChI=1S/C26H24ClNO5/c1-4-31-23(29)15-33-22-14-21-24(26(30)32-5-2)16(3)28(18-10-8-9-17(27)13-18)25(21)20-12-7-6-11-19(20)22/h6-14H,4-5,15H2,1-3H3. The van der Waals surface area contributed by atoms with Crippen LogP contribution in [0.2, 0.25) is 5.02 Å². The van der Waals surface area contributed by atoms with Crippen LogP contribution in [0.3, 0.4) is 0 Å². The summed E-state index contributed by atoms with van der Waals surface area (Å²) < 4.78 is 18.2. The third-order valence-corrected chi connectivity index (χ3v) is 5.60. The Morgan fingerprint density at radius 1 is 0.909 bits per heavy atom. The summed E-state index contributed by atoms with van der Waals surface area (Å²) in [7, 11) is 0. The first-order chi connectivity index (χ1) is 16.0. The number of hydrogen-bond donors (Lipinski definition) is 0. The summed E-state index contributed by atoms with van der Waals surface area (Å²) in [5, 5.41) is 2.94. The number of carbonyl (C=O) groups is 2. The Bertz CT molecular complexity index is 1360. The average molecular weight is 466 g/mol. The van der Waals surface area contributed by atoms with Crippen LogP contribution in [0.4, 0.5) is 0 Å². The van der Waals surface area contributed by atoms with Gasteiger partial charge in [0.2, 0.25) is 0 Å². The molecule has 6 nitrogen and oxygen atoms in total. The summed E-state index contributed by atoms with van der Waals surface area (Å²) in [5.41, 5.74) is 2.82. The number of fused-ring (bicyclic) bond motifs is 3. The second-order valence-electron chi connectivity index (χ2n) is 7.41. The van der Waals surface area contributed by atoms with Crippen molar-refractivity contribution in [2.24, 2.45) is 0 Å². The Morgan fingerprint density at radius 2 is 1.64 bits per heavy atom. The van der Waals surface area contributed by atoms with Crippen molar-refractivity contribution in [3.05, 3.63) is 70.9 Å². The van der Waals surface area contributed by atoms with E-state index in [2.05, 4.69) is 0 Å². The molecule has 0 bridgehead atoms. The molecule has 0 spiro atoms. The summed E-state index contributed by atoms with van der Waals surface area (Å²) in [6.45, 7) is 5.69. The molecule has 170 valence electrons. The lowest BCUT2D eigenvalue weighted by molar-refractivity contribution is -0.145. The minimum Gasteiger partial charge on any atom is -0.481 e. The fourth-order valence-corrected chi connectivity index (χ4v) is 4.27. The molecule has 0 fully saturated rings. The monoisotopic (exact) mass is 465 g/mol. The van der Waals surface area contributed by atoms with Crippen LogP contribution in [0.1, 0.15) is 29.9 Å². The molecule has 0 atom stereocenters. The summed E-state index contributed by atoms with van der Waals surface area (Å²) in [6, 6.07) is 17.0. The summed E-state index contributed by atoms with van der Waals surface area (Å²) in [4.78, 5) is 24.9. The molecular formula is C26H24ClNO5. The number of benzene rings is 3. The van der Waals surface area contributed by atoms with Gasteiger partial charge in [0.15, 0.2) is 6.61 Å². The molecule has 0 N–H and O–H groups in total. The summed E-state index contributed by atoms with van der Waals surface area (Å²) in [5.74, 6) is -0.396. The molecule has 0 saturated heterocycles. The first kappa shape index (κ1) is 22.7.